The SMILES string of the molecule is CCCCC/C=C\C/C=C\CCCCCCCCC1(CCCCCCCC/C=C\C/C=C\CCCCC)OC[C@H](CN(CCCCCC(=O)NCCOCCOCCO[C@H]2OC(COC(=O)c3ccccc3)[C@@H](C)[C@H](C)C2C)CCCCCC(=O)NCCOCCOCCO[C@H]2OC(COC(=O)c3ccccc3)[C@@H](C)[C@H](C)C2C)O1. The van der Waals surface area contributed by atoms with E-state index in [0.29, 0.717) is 122 Å². The normalized spacial score (nSPS) is 21.7. The van der Waals surface area contributed by atoms with E-state index >= 15 is 0 Å². The Kier molecular flexibility index (Phi) is 57.3. The first-order chi connectivity index (χ1) is 56.2. The third kappa shape index (κ3) is 46.3. The Morgan fingerprint density at radius 2 is 0.783 bits per heavy atom. The molecule has 3 saturated heterocycles. The van der Waals surface area contributed by atoms with E-state index in [0.717, 1.165) is 110 Å². The lowest BCUT2D eigenvalue weighted by atomic mass is 9.79. The molecule has 2 amide bonds. The smallest absolute Gasteiger partial charge is 0.338 e. The van der Waals surface area contributed by atoms with Crippen molar-refractivity contribution in [2.45, 2.75) is 310 Å². The molecule has 2 N–H and O–H groups in total. The number of rotatable bonds is 70. The second-order valence-electron chi connectivity index (χ2n) is 32.6. The zero-order valence-corrected chi connectivity index (χ0v) is 73.0. The summed E-state index contributed by atoms with van der Waals surface area (Å²) in [5.74, 6) is 0.114. The van der Waals surface area contributed by atoms with Gasteiger partial charge < -0.3 is 72.4 Å². The Balaban J connectivity index is 1.01. The number of carbonyl (C=O) groups excluding carboxylic acids is 4. The second-order valence-corrected chi connectivity index (χ2v) is 32.6. The van der Waals surface area contributed by atoms with Crippen molar-refractivity contribution >= 4 is 23.8 Å². The van der Waals surface area contributed by atoms with E-state index < -0.39 is 18.4 Å². The number of unbranched alkanes of at least 4 members (excludes halogenated alkanes) is 22. The van der Waals surface area contributed by atoms with Crippen molar-refractivity contribution in [1.82, 2.24) is 15.5 Å². The molecule has 3 aliphatic rings. The van der Waals surface area contributed by atoms with Crippen LogP contribution in [0.3, 0.4) is 0 Å². The summed E-state index contributed by atoms with van der Waals surface area (Å²) >= 11 is 0. The molecule has 0 aliphatic carbocycles. The first kappa shape index (κ1) is 100. The third-order valence-electron chi connectivity index (χ3n) is 23.3. The van der Waals surface area contributed by atoms with E-state index in [4.69, 9.17) is 56.8 Å². The van der Waals surface area contributed by atoms with Crippen molar-refractivity contribution in [3.8, 4) is 0 Å². The summed E-state index contributed by atoms with van der Waals surface area (Å²) < 4.78 is 73.4. The average Bonchev–Trinajstić information content (AvgIpc) is 1.82. The largest absolute Gasteiger partial charge is 0.459 e. The predicted octanol–water partition coefficient (Wildman–Crippen LogP) is 20.2. The van der Waals surface area contributed by atoms with Crippen molar-refractivity contribution < 1.29 is 76.0 Å². The van der Waals surface area contributed by atoms with Gasteiger partial charge in [-0.2, -0.15) is 0 Å². The van der Waals surface area contributed by atoms with Gasteiger partial charge in [-0.1, -0.05) is 230 Å². The molecule has 4 unspecified atom stereocenters. The summed E-state index contributed by atoms with van der Waals surface area (Å²) in [6, 6.07) is 18.0. The fraction of sp³-hybridized carbons (Fsp3) is 0.750. The van der Waals surface area contributed by atoms with Crippen LogP contribution in [0.5, 0.6) is 0 Å². The topological polar surface area (TPSA) is 206 Å². The van der Waals surface area contributed by atoms with Gasteiger partial charge in [-0.3, -0.25) is 9.59 Å². The van der Waals surface area contributed by atoms with E-state index in [2.05, 4.69) is 120 Å². The molecule has 115 heavy (non-hydrogen) atoms. The van der Waals surface area contributed by atoms with Gasteiger partial charge in [-0.25, -0.2) is 9.59 Å². The van der Waals surface area contributed by atoms with Crippen LogP contribution in [0.1, 0.15) is 294 Å². The molecule has 19 heteroatoms. The number of carbonyl (C=O) groups is 4. The molecule has 2 aromatic rings. The number of benzene rings is 2. The number of nitrogens with one attached hydrogen (secondary N) is 2. The van der Waals surface area contributed by atoms with Crippen LogP contribution in [0, 0.1) is 35.5 Å². The molecule has 5 rings (SSSR count). The van der Waals surface area contributed by atoms with Crippen molar-refractivity contribution in [1.29, 1.82) is 0 Å². The third-order valence-corrected chi connectivity index (χ3v) is 23.3. The lowest BCUT2D eigenvalue weighted by molar-refractivity contribution is -0.256. The molecular weight excluding hydrogens is 1450 g/mol. The van der Waals surface area contributed by atoms with E-state index in [1.165, 1.54) is 116 Å². The van der Waals surface area contributed by atoms with Crippen molar-refractivity contribution in [2.24, 2.45) is 35.5 Å². The zero-order chi connectivity index (χ0) is 82.3. The number of hydrogen-bond donors (Lipinski definition) is 2. The monoisotopic (exact) mass is 1610 g/mol. The Morgan fingerprint density at radius 1 is 0.417 bits per heavy atom. The average molecular weight is 1610 g/mol. The fourth-order valence-electron chi connectivity index (χ4n) is 15.2. The highest BCUT2D eigenvalue weighted by atomic mass is 16.7. The molecule has 11 atom stereocenters. The number of ether oxygens (including phenoxy) is 12. The highest BCUT2D eigenvalue weighted by Gasteiger charge is 2.43. The molecule has 0 aromatic heterocycles. The maximum Gasteiger partial charge on any atom is 0.338 e. The molecule has 3 heterocycles. The van der Waals surface area contributed by atoms with E-state index in [1.807, 2.05) is 36.4 Å². The zero-order valence-electron chi connectivity index (χ0n) is 73.0. The number of allylic oxidation sites excluding steroid dienone is 8. The van der Waals surface area contributed by atoms with Gasteiger partial charge in [0.25, 0.3) is 0 Å². The summed E-state index contributed by atoms with van der Waals surface area (Å²) in [5, 5.41) is 6.07. The highest BCUT2D eigenvalue weighted by molar-refractivity contribution is 5.89. The number of hydrogen-bond acceptors (Lipinski definition) is 17. The maximum atomic E-state index is 13.0. The van der Waals surface area contributed by atoms with E-state index in [-0.39, 0.29) is 79.0 Å². The molecular formula is C96H159N3O16. The summed E-state index contributed by atoms with van der Waals surface area (Å²) in [7, 11) is 0. The van der Waals surface area contributed by atoms with Crippen LogP contribution in [0.4, 0.5) is 0 Å². The fourth-order valence-corrected chi connectivity index (χ4v) is 15.2. The molecule has 0 saturated carbocycles. The van der Waals surface area contributed by atoms with Gasteiger partial charge in [0, 0.05) is 57.2 Å². The minimum atomic E-state index is -0.540. The second kappa shape index (κ2) is 65.7. The van der Waals surface area contributed by atoms with Gasteiger partial charge in [0.2, 0.25) is 11.8 Å². The minimum absolute atomic E-state index is 0.0182. The van der Waals surface area contributed by atoms with Crippen LogP contribution in [0.25, 0.3) is 0 Å². The Labute approximate surface area is 696 Å². The van der Waals surface area contributed by atoms with Crippen LogP contribution in [-0.2, 0) is 66.4 Å². The van der Waals surface area contributed by atoms with Gasteiger partial charge in [-0.15, -0.1) is 0 Å². The number of nitrogens with zero attached hydrogens (tertiary/aromatic N) is 1. The molecule has 2 aromatic carbocycles. The predicted molar refractivity (Wildman–Crippen MR) is 462 cm³/mol. The van der Waals surface area contributed by atoms with Crippen LogP contribution < -0.4 is 10.6 Å². The first-order valence-corrected chi connectivity index (χ1v) is 45.7. The standard InChI is InChI=1S/C96H159N3O16/c1-9-11-13-15-17-19-21-23-25-27-29-31-33-35-37-49-59-96(60-50-38-36-34-32-30-28-26-24-22-20-18-16-14-12-10-2)112-76-87(115-96)75-99(63-51-41-47-57-90(100)97-61-65-104-67-69-106-71-73-108-94-83(7)79(3)81(5)88(113-94)77-110-92(102)85-53-43-39-44-54-85)64-52-42-48-58-91(101)98-62-66-105-68-70-107-72-74-109-95-84(8)80(4)82(6)89(114-95)78-111-93(103)86-55-45-40-46-56-86/h17-20,23-26,39-40,43-46,53-56,79-84,87-89,94-95H,9-16,21-22,27-38,41-42,47-52,57-78H2,1-8H3,(H,97,100)(H,98,101)/b19-17-,20-18-,25-23-,26-24-/t79-,80-,81-,82-,83?,84?,87-,88?,89?,94-,95-/m0/s1. The highest BCUT2D eigenvalue weighted by Crippen LogP contribution is 2.39. The Hall–Kier alpha value is -5.16. The minimum Gasteiger partial charge on any atom is -0.459 e. The quantitative estimate of drug-likeness (QED) is 0.0359. The van der Waals surface area contributed by atoms with Gasteiger partial charge in [0.1, 0.15) is 13.2 Å². The van der Waals surface area contributed by atoms with Gasteiger partial charge >= 0.3 is 11.9 Å². The molecule has 3 aliphatic heterocycles. The maximum absolute atomic E-state index is 13.0. The Morgan fingerprint density at radius 3 is 1.19 bits per heavy atom. The lowest BCUT2D eigenvalue weighted by Gasteiger charge is -2.43. The van der Waals surface area contributed by atoms with Crippen LogP contribution in [-0.4, -0.2) is 184 Å². The summed E-state index contributed by atoms with van der Waals surface area (Å²) in [6.07, 6.45) is 54.8. The molecule has 0 bridgehead atoms. The Bertz CT molecular complexity index is 2690. The van der Waals surface area contributed by atoms with E-state index in [9.17, 15) is 19.2 Å². The van der Waals surface area contributed by atoms with Crippen molar-refractivity contribution in [3.05, 3.63) is 120 Å². The molecule has 3 fully saturated rings. The summed E-state index contributed by atoms with van der Waals surface area (Å²) in [5.41, 5.74) is 1.03. The van der Waals surface area contributed by atoms with Gasteiger partial charge in [0.15, 0.2) is 18.4 Å². The first-order valence-electron chi connectivity index (χ1n) is 45.7. The number of esters is 2. The van der Waals surface area contributed by atoms with Crippen molar-refractivity contribution in [2.75, 3.05) is 119 Å². The summed E-state index contributed by atoms with van der Waals surface area (Å²) in [4.78, 5) is 53.8. The molecule has 0 spiro atoms. The van der Waals surface area contributed by atoms with E-state index in [1.54, 1.807) is 24.3 Å². The van der Waals surface area contributed by atoms with Crippen LogP contribution in [0.2, 0.25) is 0 Å². The van der Waals surface area contributed by atoms with Crippen LogP contribution in [0.15, 0.2) is 109 Å². The lowest BCUT2D eigenvalue weighted by Crippen LogP contribution is -2.48. The van der Waals surface area contributed by atoms with Gasteiger partial charge in [-0.05, 0) is 164 Å². The molecule has 0 radical (unpaired) electrons. The van der Waals surface area contributed by atoms with Crippen LogP contribution >= 0.6 is 0 Å². The molecule has 654 valence electrons. The molecule has 19 nitrogen and oxygen atoms in total. The van der Waals surface area contributed by atoms with Crippen molar-refractivity contribution in [3.63, 3.8) is 0 Å². The van der Waals surface area contributed by atoms with Gasteiger partial charge in [0.05, 0.1) is 102 Å². The summed E-state index contributed by atoms with van der Waals surface area (Å²) in [6.45, 7) is 25.7. The number of amides is 2.